The van der Waals surface area contributed by atoms with E-state index in [2.05, 4.69) is 76.6 Å². The minimum absolute atomic E-state index is 0. The number of hydrogen-bond donors (Lipinski definition) is 4. The van der Waals surface area contributed by atoms with E-state index in [0.717, 1.165) is 57.7 Å². The smallest absolute Gasteiger partial charge is 0.0658 e. The third kappa shape index (κ3) is 4.43. The summed E-state index contributed by atoms with van der Waals surface area (Å²) < 4.78 is 0. The van der Waals surface area contributed by atoms with Gasteiger partial charge in [-0.2, -0.15) is 0 Å². The first-order chi connectivity index (χ1) is 12.8. The molecule has 5 rings (SSSR count). The summed E-state index contributed by atoms with van der Waals surface area (Å²) in [6.07, 6.45) is 6.03. The number of rotatable bonds is 0. The van der Waals surface area contributed by atoms with Gasteiger partial charge in [-0.15, -0.1) is 13.2 Å². The van der Waals surface area contributed by atoms with Crippen molar-refractivity contribution in [3.8, 4) is 0 Å². The number of nitrogens with one attached hydrogen (secondary N) is 2. The van der Waals surface area contributed by atoms with Crippen LogP contribution in [0.1, 0.15) is 22.8 Å². The van der Waals surface area contributed by atoms with Gasteiger partial charge in [0.15, 0.2) is 0 Å². The van der Waals surface area contributed by atoms with E-state index in [1.165, 1.54) is 0 Å². The molecule has 2 aliphatic heterocycles. The summed E-state index contributed by atoms with van der Waals surface area (Å²) in [4.78, 5) is 16.2. The minimum Gasteiger partial charge on any atom is -0.355 e. The van der Waals surface area contributed by atoms with Gasteiger partial charge < -0.3 is 22.3 Å². The first-order valence-corrected chi connectivity index (χ1v) is 8.64. The van der Waals surface area contributed by atoms with Crippen LogP contribution in [0, 0.1) is 0 Å². The molecule has 2 aliphatic rings. The monoisotopic (exact) mass is 374 g/mol. The molecule has 0 amide bonds. The van der Waals surface area contributed by atoms with Crippen LogP contribution in [0.4, 0.5) is 0 Å². The van der Waals surface area contributed by atoms with E-state index in [9.17, 15) is 0 Å². The standard InChI is InChI=1S/C20H16N4.C2H4.2H3N/c1-2-14-10-16-5-6-18(23-16)12-20-8-7-19(24-20)11-17-4-3-15(22-17)9-13(1)21-14;1-2;;/h1-6,9-12,22-23H,7-8H2;1-2H2;2*1H3. The maximum atomic E-state index is 4.75. The molecule has 6 nitrogen and oxygen atoms in total. The van der Waals surface area contributed by atoms with E-state index >= 15 is 0 Å². The van der Waals surface area contributed by atoms with Crippen molar-refractivity contribution >= 4 is 34.2 Å². The number of aromatic nitrogens is 4. The molecule has 0 saturated heterocycles. The van der Waals surface area contributed by atoms with Crippen LogP contribution in [0.15, 0.2) is 61.7 Å². The van der Waals surface area contributed by atoms with Gasteiger partial charge in [-0.05, 0) is 73.5 Å². The summed E-state index contributed by atoms with van der Waals surface area (Å²) in [5, 5.41) is 0. The van der Waals surface area contributed by atoms with Crippen LogP contribution in [0.3, 0.4) is 0 Å². The highest BCUT2D eigenvalue weighted by atomic mass is 14.8. The fourth-order valence-electron chi connectivity index (χ4n) is 3.19. The van der Waals surface area contributed by atoms with Gasteiger partial charge in [0.25, 0.3) is 0 Å². The van der Waals surface area contributed by atoms with Crippen LogP contribution in [0.25, 0.3) is 34.2 Å². The molecular weight excluding hydrogens is 348 g/mol. The third-order valence-electron chi connectivity index (χ3n) is 4.32. The lowest BCUT2D eigenvalue weighted by molar-refractivity contribution is 1.03. The summed E-state index contributed by atoms with van der Waals surface area (Å²) in [5.41, 5.74) is 8.40. The summed E-state index contributed by atoms with van der Waals surface area (Å²) in [6, 6.07) is 16.7. The van der Waals surface area contributed by atoms with Crippen LogP contribution in [0.5, 0.6) is 0 Å². The van der Waals surface area contributed by atoms with Crippen LogP contribution in [0.2, 0.25) is 0 Å². The van der Waals surface area contributed by atoms with Crippen molar-refractivity contribution in [2.24, 2.45) is 0 Å². The molecule has 0 aromatic carbocycles. The average molecular weight is 374 g/mol. The molecule has 0 unspecified atom stereocenters. The molecule has 6 heteroatoms. The molecule has 8 N–H and O–H groups in total. The number of aromatic amines is 2. The van der Waals surface area contributed by atoms with Gasteiger partial charge in [-0.3, -0.25) is 4.98 Å². The van der Waals surface area contributed by atoms with Crippen LogP contribution in [-0.2, 0) is 12.8 Å². The van der Waals surface area contributed by atoms with Crippen LogP contribution in [-0.4, -0.2) is 19.9 Å². The Kier molecular flexibility index (Phi) is 6.65. The third-order valence-corrected chi connectivity index (χ3v) is 4.32. The molecule has 0 radical (unpaired) electrons. The number of hydrogen-bond acceptors (Lipinski definition) is 4. The van der Waals surface area contributed by atoms with E-state index < -0.39 is 0 Å². The van der Waals surface area contributed by atoms with E-state index in [1.807, 2.05) is 12.2 Å². The molecule has 3 aromatic heterocycles. The highest BCUT2D eigenvalue weighted by molar-refractivity contribution is 5.74. The average Bonchev–Trinajstić information content (AvgIpc) is 3.42. The van der Waals surface area contributed by atoms with Crippen molar-refractivity contribution in [2.45, 2.75) is 12.8 Å². The molecule has 0 atom stereocenters. The number of nitrogens with zero attached hydrogens (tertiary/aromatic N) is 2. The second-order valence-electron chi connectivity index (χ2n) is 6.20. The van der Waals surface area contributed by atoms with Gasteiger partial charge in [-0.25, -0.2) is 4.98 Å². The summed E-state index contributed by atoms with van der Waals surface area (Å²) in [5.74, 6) is 0. The zero-order valence-corrected chi connectivity index (χ0v) is 15.9. The topological polar surface area (TPSA) is 127 Å². The van der Waals surface area contributed by atoms with Crippen molar-refractivity contribution in [1.29, 1.82) is 0 Å². The quantitative estimate of drug-likeness (QED) is 0.307. The second kappa shape index (κ2) is 8.94. The van der Waals surface area contributed by atoms with Gasteiger partial charge >= 0.3 is 0 Å². The molecule has 28 heavy (non-hydrogen) atoms. The Morgan fingerprint density at radius 3 is 1.43 bits per heavy atom. The van der Waals surface area contributed by atoms with Crippen LogP contribution < -0.4 is 12.3 Å². The van der Waals surface area contributed by atoms with Crippen molar-refractivity contribution < 1.29 is 0 Å². The lowest BCUT2D eigenvalue weighted by Gasteiger charge is -1.85. The molecule has 0 fully saturated rings. The highest BCUT2D eigenvalue weighted by Crippen LogP contribution is 2.16. The van der Waals surface area contributed by atoms with E-state index in [-0.39, 0.29) is 12.3 Å². The Balaban J connectivity index is 0.000000680. The van der Waals surface area contributed by atoms with Crippen molar-refractivity contribution in [2.75, 3.05) is 0 Å². The zero-order valence-electron chi connectivity index (χ0n) is 15.9. The Labute approximate surface area is 164 Å². The van der Waals surface area contributed by atoms with Gasteiger partial charge in [0.1, 0.15) is 0 Å². The van der Waals surface area contributed by atoms with E-state index in [4.69, 9.17) is 4.98 Å². The highest BCUT2D eigenvalue weighted by Gasteiger charge is 2.05. The molecule has 5 heterocycles. The normalized spacial score (nSPS) is 11.6. The van der Waals surface area contributed by atoms with Crippen molar-refractivity contribution in [3.63, 3.8) is 0 Å². The van der Waals surface area contributed by atoms with Gasteiger partial charge in [-0.1, -0.05) is 0 Å². The molecular formula is C22H26N6. The number of fused-ring (bicyclic) bond motifs is 8. The molecule has 144 valence electrons. The minimum atomic E-state index is 0. The first kappa shape index (κ1) is 20.8. The Morgan fingerprint density at radius 1 is 0.607 bits per heavy atom. The Morgan fingerprint density at radius 2 is 1.00 bits per heavy atom. The largest absolute Gasteiger partial charge is 0.355 e. The summed E-state index contributed by atoms with van der Waals surface area (Å²) >= 11 is 0. The lowest BCUT2D eigenvalue weighted by Crippen LogP contribution is -1.77. The molecule has 0 aliphatic carbocycles. The molecule has 0 spiro atoms. The SMILES string of the molecule is C1=Cc2cc3ccc(cc4nc(cc5ccc(cc1n2)[nH]5)CC4)[nH]3.C=C.N.N. The molecule has 3 aromatic rings. The van der Waals surface area contributed by atoms with Crippen molar-refractivity contribution in [3.05, 3.63) is 84.5 Å². The maximum Gasteiger partial charge on any atom is 0.0658 e. The summed E-state index contributed by atoms with van der Waals surface area (Å²) in [6.45, 7) is 6.00. The Bertz CT molecular complexity index is 1050. The molecule has 8 bridgehead atoms. The molecule has 0 saturated carbocycles. The van der Waals surface area contributed by atoms with E-state index in [1.54, 1.807) is 0 Å². The zero-order chi connectivity index (χ0) is 17.9. The van der Waals surface area contributed by atoms with Gasteiger partial charge in [0, 0.05) is 33.5 Å². The number of H-pyrrole nitrogens is 2. The lowest BCUT2D eigenvalue weighted by atomic mass is 10.2. The van der Waals surface area contributed by atoms with Crippen molar-refractivity contribution in [1.82, 2.24) is 32.2 Å². The van der Waals surface area contributed by atoms with Crippen LogP contribution >= 0.6 is 0 Å². The Hall–Kier alpha value is -3.48. The van der Waals surface area contributed by atoms with Gasteiger partial charge in [0.05, 0.1) is 11.4 Å². The predicted octanol–water partition coefficient (Wildman–Crippen LogP) is 5.40. The maximum absolute atomic E-state index is 4.75. The first-order valence-electron chi connectivity index (χ1n) is 8.64. The predicted molar refractivity (Wildman–Crippen MR) is 119 cm³/mol. The van der Waals surface area contributed by atoms with E-state index in [0.29, 0.717) is 0 Å². The van der Waals surface area contributed by atoms with Gasteiger partial charge in [0.2, 0.25) is 0 Å². The second-order valence-corrected chi connectivity index (χ2v) is 6.20. The fraction of sp³-hybridized carbons (Fsp3) is 0.0909. The summed E-state index contributed by atoms with van der Waals surface area (Å²) in [7, 11) is 0. The number of aryl methyl sites for hydroxylation is 2. The fourth-order valence-corrected chi connectivity index (χ4v) is 3.19.